The van der Waals surface area contributed by atoms with Crippen LogP contribution in [0, 0.1) is 6.92 Å². The number of methoxy groups -OCH3 is 1. The highest BCUT2D eigenvalue weighted by Crippen LogP contribution is 2.22. The quantitative estimate of drug-likeness (QED) is 0.259. The van der Waals surface area contributed by atoms with Gasteiger partial charge in [0.25, 0.3) is 0 Å². The Morgan fingerprint density at radius 2 is 1.64 bits per heavy atom. The number of hydrogen-bond donors (Lipinski definition) is 1. The Hall–Kier alpha value is -2.85. The molecular formula is C18H18N2O6S2. The molecule has 0 atom stereocenters. The first-order valence-electron chi connectivity index (χ1n) is 7.93. The average molecular weight is 422 g/mol. The van der Waals surface area contributed by atoms with Crippen LogP contribution in [0.15, 0.2) is 63.5 Å². The van der Waals surface area contributed by atoms with E-state index in [0.717, 1.165) is 24.4 Å². The summed E-state index contributed by atoms with van der Waals surface area (Å²) in [6.45, 7) is 3.25. The second kappa shape index (κ2) is 9.38. The van der Waals surface area contributed by atoms with E-state index in [2.05, 4.69) is 19.5 Å². The molecule has 10 heteroatoms. The van der Waals surface area contributed by atoms with Crippen molar-refractivity contribution in [2.45, 2.75) is 23.6 Å². The third-order valence-corrected chi connectivity index (χ3v) is 5.34. The molecule has 8 nitrogen and oxygen atoms in total. The maximum Gasteiger partial charge on any atom is 0.367 e. The molecule has 0 fully saturated rings. The Labute approximate surface area is 167 Å². The third-order valence-electron chi connectivity index (χ3n) is 3.28. The highest BCUT2D eigenvalue weighted by Gasteiger charge is 2.20. The highest BCUT2D eigenvalue weighted by molar-refractivity contribution is 8.15. The van der Waals surface area contributed by atoms with Gasteiger partial charge in [-0.15, -0.1) is 0 Å². The van der Waals surface area contributed by atoms with Crippen LogP contribution in [0.5, 0.6) is 0 Å². The highest BCUT2D eigenvalue weighted by atomic mass is 32.2. The minimum absolute atomic E-state index is 0.185. The SMILES string of the molecule is COC(=O)/C(=N/OS(=O)(=O)c1ccc(NC(C)=O)cc1)Sc1ccc(C)cc1. The first-order chi connectivity index (χ1) is 13.2. The summed E-state index contributed by atoms with van der Waals surface area (Å²) >= 11 is 0.914. The van der Waals surface area contributed by atoms with Crippen LogP contribution in [0.3, 0.4) is 0 Å². The van der Waals surface area contributed by atoms with Gasteiger partial charge in [0, 0.05) is 17.5 Å². The molecule has 0 unspecified atom stereocenters. The minimum Gasteiger partial charge on any atom is -0.464 e. The maximum absolute atomic E-state index is 12.3. The van der Waals surface area contributed by atoms with Gasteiger partial charge in [0.1, 0.15) is 4.90 Å². The monoisotopic (exact) mass is 422 g/mol. The Kier molecular flexibility index (Phi) is 7.18. The van der Waals surface area contributed by atoms with Gasteiger partial charge in [-0.1, -0.05) is 34.6 Å². The molecule has 0 aromatic heterocycles. The number of thioether (sulfide) groups is 1. The van der Waals surface area contributed by atoms with Crippen LogP contribution in [0.25, 0.3) is 0 Å². The van der Waals surface area contributed by atoms with Gasteiger partial charge >= 0.3 is 16.1 Å². The molecule has 0 aliphatic carbocycles. The molecule has 148 valence electrons. The van der Waals surface area contributed by atoms with Crippen LogP contribution in [0.2, 0.25) is 0 Å². The first-order valence-corrected chi connectivity index (χ1v) is 10.2. The summed E-state index contributed by atoms with van der Waals surface area (Å²) in [4.78, 5) is 23.4. The first kappa shape index (κ1) is 21.5. The van der Waals surface area contributed by atoms with Crippen molar-refractivity contribution in [1.29, 1.82) is 0 Å². The number of aryl methyl sites for hydroxylation is 1. The lowest BCUT2D eigenvalue weighted by molar-refractivity contribution is -0.132. The van der Waals surface area contributed by atoms with Crippen molar-refractivity contribution in [1.82, 2.24) is 0 Å². The van der Waals surface area contributed by atoms with Crippen LogP contribution in [0.1, 0.15) is 12.5 Å². The topological polar surface area (TPSA) is 111 Å². The smallest absolute Gasteiger partial charge is 0.367 e. The summed E-state index contributed by atoms with van der Waals surface area (Å²) in [7, 11) is -3.11. The number of oxime groups is 1. The molecule has 0 bridgehead atoms. The van der Waals surface area contributed by atoms with Crippen LogP contribution in [0.4, 0.5) is 5.69 Å². The van der Waals surface area contributed by atoms with Crippen LogP contribution < -0.4 is 5.32 Å². The standard InChI is InChI=1S/C18H18N2O6S2/c1-12-4-8-15(9-5-12)27-17(18(22)25-3)20-26-28(23,24)16-10-6-14(7-11-16)19-13(2)21/h4-11H,1-3H3,(H,19,21)/b20-17-. The molecule has 1 amide bonds. The Morgan fingerprint density at radius 1 is 1.04 bits per heavy atom. The summed E-state index contributed by atoms with van der Waals surface area (Å²) in [5, 5.41) is 5.73. The average Bonchev–Trinajstić information content (AvgIpc) is 2.66. The van der Waals surface area contributed by atoms with E-state index in [1.165, 1.54) is 31.2 Å². The summed E-state index contributed by atoms with van der Waals surface area (Å²) in [5.74, 6) is -1.12. The van der Waals surface area contributed by atoms with Crippen molar-refractivity contribution < 1.29 is 27.0 Å². The van der Waals surface area contributed by atoms with E-state index in [0.29, 0.717) is 10.6 Å². The second-order valence-corrected chi connectivity index (χ2v) is 8.13. The predicted octanol–water partition coefficient (Wildman–Crippen LogP) is 2.94. The predicted molar refractivity (Wildman–Crippen MR) is 106 cm³/mol. The van der Waals surface area contributed by atoms with Crippen molar-refractivity contribution in [2.24, 2.45) is 5.16 Å². The van der Waals surface area contributed by atoms with Gasteiger partial charge in [-0.3, -0.25) is 9.08 Å². The number of hydrogen-bond acceptors (Lipinski definition) is 8. The van der Waals surface area contributed by atoms with Crippen LogP contribution in [-0.4, -0.2) is 32.4 Å². The lowest BCUT2D eigenvalue weighted by atomic mass is 10.2. The molecule has 0 saturated carbocycles. The number of benzene rings is 2. The van der Waals surface area contributed by atoms with E-state index in [1.807, 2.05) is 19.1 Å². The normalized spacial score (nSPS) is 11.6. The fourth-order valence-corrected chi connectivity index (χ4v) is 3.45. The molecule has 2 rings (SSSR count). The second-order valence-electron chi connectivity index (χ2n) is 5.54. The third kappa shape index (κ3) is 6.10. The lowest BCUT2D eigenvalue weighted by Crippen LogP contribution is -2.14. The Balaban J connectivity index is 2.20. The summed E-state index contributed by atoms with van der Waals surface area (Å²) < 4.78 is 33.9. The lowest BCUT2D eigenvalue weighted by Gasteiger charge is -2.06. The molecule has 0 radical (unpaired) electrons. The van der Waals surface area contributed by atoms with Crippen molar-refractivity contribution in [2.75, 3.05) is 12.4 Å². The van der Waals surface area contributed by atoms with Crippen molar-refractivity contribution in [3.05, 3.63) is 54.1 Å². The Morgan fingerprint density at radius 3 is 2.18 bits per heavy atom. The number of nitrogens with zero attached hydrogens (tertiary/aromatic N) is 1. The summed E-state index contributed by atoms with van der Waals surface area (Å²) in [6.07, 6.45) is 0. The molecule has 2 aromatic rings. The molecule has 28 heavy (non-hydrogen) atoms. The summed E-state index contributed by atoms with van der Waals surface area (Å²) in [6, 6.07) is 12.5. The number of carbonyl (C=O) groups excluding carboxylic acids is 2. The van der Waals surface area contributed by atoms with E-state index >= 15 is 0 Å². The van der Waals surface area contributed by atoms with Crippen LogP contribution in [-0.2, 0) is 28.7 Å². The fraction of sp³-hybridized carbons (Fsp3) is 0.167. The molecular weight excluding hydrogens is 404 g/mol. The van der Waals surface area contributed by atoms with Gasteiger partial charge in [-0.25, -0.2) is 4.79 Å². The number of carbonyl (C=O) groups is 2. The van der Waals surface area contributed by atoms with E-state index in [1.54, 1.807) is 12.1 Å². The van der Waals surface area contributed by atoms with E-state index in [-0.39, 0.29) is 15.8 Å². The maximum atomic E-state index is 12.3. The molecule has 0 saturated heterocycles. The molecule has 1 N–H and O–H groups in total. The zero-order valence-corrected chi connectivity index (χ0v) is 17.0. The largest absolute Gasteiger partial charge is 0.464 e. The Bertz CT molecular complexity index is 984. The zero-order valence-electron chi connectivity index (χ0n) is 15.3. The van der Waals surface area contributed by atoms with Crippen molar-refractivity contribution in [3.63, 3.8) is 0 Å². The number of amides is 1. The van der Waals surface area contributed by atoms with Gasteiger partial charge in [-0.2, -0.15) is 8.42 Å². The minimum atomic E-state index is -4.26. The van der Waals surface area contributed by atoms with Crippen molar-refractivity contribution in [3.8, 4) is 0 Å². The number of esters is 1. The van der Waals surface area contributed by atoms with E-state index in [4.69, 9.17) is 0 Å². The summed E-state index contributed by atoms with van der Waals surface area (Å²) in [5.41, 5.74) is 1.46. The van der Waals surface area contributed by atoms with Crippen molar-refractivity contribution >= 4 is 44.5 Å². The molecule has 2 aromatic carbocycles. The molecule has 0 aliphatic heterocycles. The van der Waals surface area contributed by atoms with E-state index in [9.17, 15) is 18.0 Å². The molecule has 0 aliphatic rings. The number of ether oxygens (including phenoxy) is 1. The van der Waals surface area contributed by atoms with Gasteiger partial charge in [0.05, 0.1) is 7.11 Å². The number of anilines is 1. The van der Waals surface area contributed by atoms with Crippen LogP contribution >= 0.6 is 11.8 Å². The van der Waals surface area contributed by atoms with Gasteiger partial charge in [0.2, 0.25) is 11.0 Å². The molecule has 0 spiro atoms. The zero-order chi connectivity index (χ0) is 20.7. The van der Waals surface area contributed by atoms with E-state index < -0.39 is 16.1 Å². The fourth-order valence-electron chi connectivity index (χ4n) is 1.94. The van der Waals surface area contributed by atoms with Gasteiger partial charge in [-0.05, 0) is 43.3 Å². The van der Waals surface area contributed by atoms with Gasteiger partial charge in [0.15, 0.2) is 0 Å². The van der Waals surface area contributed by atoms with Gasteiger partial charge < -0.3 is 10.1 Å². The molecule has 0 heterocycles. The number of rotatable bonds is 5. The number of nitrogens with one attached hydrogen (secondary N) is 1.